The standard InChI is InChI=1S/C22H31N3O3S.HI/c1-18-9-7-12-21(15-18)28-19(2)16-25-22(23-3)24-13-8-14-29(26,27)17-20-10-5-4-6-11-20;/h4-7,9-12,15,19H,8,13-14,16-17H2,1-3H3,(H2,23,24,25);1H. The lowest BCUT2D eigenvalue weighted by molar-refractivity contribution is 0.223. The van der Waals surface area contributed by atoms with Crippen LogP contribution in [0.15, 0.2) is 59.6 Å². The second-order valence-corrected chi connectivity index (χ2v) is 9.24. The summed E-state index contributed by atoms with van der Waals surface area (Å²) in [6, 6.07) is 17.2. The van der Waals surface area contributed by atoms with E-state index in [1.165, 1.54) is 0 Å². The predicted molar refractivity (Wildman–Crippen MR) is 135 cm³/mol. The van der Waals surface area contributed by atoms with E-state index >= 15 is 0 Å². The monoisotopic (exact) mass is 545 g/mol. The zero-order valence-corrected chi connectivity index (χ0v) is 20.9. The molecule has 2 aromatic carbocycles. The summed E-state index contributed by atoms with van der Waals surface area (Å²) in [6.45, 7) is 5.13. The van der Waals surface area contributed by atoms with E-state index in [2.05, 4.69) is 15.6 Å². The summed E-state index contributed by atoms with van der Waals surface area (Å²) in [5.74, 6) is 1.68. The van der Waals surface area contributed by atoms with Gasteiger partial charge < -0.3 is 15.4 Å². The number of rotatable bonds is 10. The zero-order chi connectivity index (χ0) is 21.1. The molecule has 0 spiro atoms. The first kappa shape index (κ1) is 26.2. The quantitative estimate of drug-likeness (QED) is 0.207. The van der Waals surface area contributed by atoms with Gasteiger partial charge >= 0.3 is 0 Å². The summed E-state index contributed by atoms with van der Waals surface area (Å²) in [4.78, 5) is 4.17. The lowest BCUT2D eigenvalue weighted by atomic mass is 10.2. The van der Waals surface area contributed by atoms with Crippen LogP contribution < -0.4 is 15.4 Å². The van der Waals surface area contributed by atoms with Gasteiger partial charge in [0.1, 0.15) is 11.9 Å². The largest absolute Gasteiger partial charge is 0.489 e. The second kappa shape index (κ2) is 13.5. The molecule has 166 valence electrons. The van der Waals surface area contributed by atoms with Crippen LogP contribution in [0.2, 0.25) is 0 Å². The van der Waals surface area contributed by atoms with Crippen molar-refractivity contribution in [1.82, 2.24) is 10.6 Å². The van der Waals surface area contributed by atoms with Crippen LogP contribution in [0.25, 0.3) is 0 Å². The number of guanidine groups is 1. The third-order valence-corrected chi connectivity index (χ3v) is 5.95. The van der Waals surface area contributed by atoms with Gasteiger partial charge in [-0.3, -0.25) is 4.99 Å². The molecule has 0 bridgehead atoms. The molecule has 0 radical (unpaired) electrons. The van der Waals surface area contributed by atoms with Gasteiger partial charge in [0.15, 0.2) is 15.8 Å². The predicted octanol–water partition coefficient (Wildman–Crippen LogP) is 3.55. The van der Waals surface area contributed by atoms with Crippen LogP contribution in [0.5, 0.6) is 5.75 Å². The Bertz CT molecular complexity index is 890. The Labute approximate surface area is 197 Å². The molecular formula is C22H32IN3O3S. The van der Waals surface area contributed by atoms with Crippen molar-refractivity contribution < 1.29 is 13.2 Å². The van der Waals surface area contributed by atoms with E-state index in [1.807, 2.05) is 68.4 Å². The SMILES string of the molecule is CN=C(NCCCS(=O)(=O)Cc1ccccc1)NCC(C)Oc1cccc(C)c1.I. The molecule has 1 atom stereocenters. The number of nitrogens with one attached hydrogen (secondary N) is 2. The fourth-order valence-corrected chi connectivity index (χ4v) is 4.25. The van der Waals surface area contributed by atoms with Crippen LogP contribution in [-0.2, 0) is 15.6 Å². The number of ether oxygens (including phenoxy) is 1. The molecule has 30 heavy (non-hydrogen) atoms. The van der Waals surface area contributed by atoms with E-state index in [4.69, 9.17) is 4.74 Å². The maximum Gasteiger partial charge on any atom is 0.191 e. The number of hydrogen-bond acceptors (Lipinski definition) is 4. The van der Waals surface area contributed by atoms with Crippen molar-refractivity contribution in [3.05, 3.63) is 65.7 Å². The average molecular weight is 545 g/mol. The number of aryl methyl sites for hydroxylation is 1. The molecule has 0 aromatic heterocycles. The molecule has 0 aliphatic carbocycles. The van der Waals surface area contributed by atoms with Gasteiger partial charge in [-0.1, -0.05) is 42.5 Å². The Balaban J connectivity index is 0.00000450. The molecule has 0 saturated heterocycles. The Morgan fingerprint density at radius 3 is 2.50 bits per heavy atom. The maximum absolute atomic E-state index is 12.2. The van der Waals surface area contributed by atoms with E-state index < -0.39 is 9.84 Å². The third kappa shape index (κ3) is 10.3. The highest BCUT2D eigenvalue weighted by molar-refractivity contribution is 14.0. The Kier molecular flexibility index (Phi) is 11.8. The van der Waals surface area contributed by atoms with Gasteiger partial charge in [0, 0.05) is 13.6 Å². The molecule has 1 unspecified atom stereocenters. The van der Waals surface area contributed by atoms with Crippen LogP contribution >= 0.6 is 24.0 Å². The minimum atomic E-state index is -3.12. The van der Waals surface area contributed by atoms with Gasteiger partial charge in [0.25, 0.3) is 0 Å². The van der Waals surface area contributed by atoms with Crippen LogP contribution in [0.4, 0.5) is 0 Å². The smallest absolute Gasteiger partial charge is 0.191 e. The van der Waals surface area contributed by atoms with Gasteiger partial charge in [0.2, 0.25) is 0 Å². The van der Waals surface area contributed by atoms with Crippen LogP contribution in [0.3, 0.4) is 0 Å². The fraction of sp³-hybridized carbons (Fsp3) is 0.409. The molecule has 0 aliphatic heterocycles. The molecule has 6 nitrogen and oxygen atoms in total. The van der Waals surface area contributed by atoms with E-state index in [0.29, 0.717) is 25.5 Å². The average Bonchev–Trinajstić information content (AvgIpc) is 2.68. The molecule has 8 heteroatoms. The number of hydrogen-bond donors (Lipinski definition) is 2. The molecule has 0 fully saturated rings. The first-order chi connectivity index (χ1) is 13.9. The molecular weight excluding hydrogens is 513 g/mol. The highest BCUT2D eigenvalue weighted by atomic mass is 127. The summed E-state index contributed by atoms with van der Waals surface area (Å²) in [7, 11) is -1.44. The van der Waals surface area contributed by atoms with Gasteiger partial charge in [-0.25, -0.2) is 8.42 Å². The summed E-state index contributed by atoms with van der Waals surface area (Å²) in [5.41, 5.74) is 1.97. The number of aliphatic imine (C=N–C) groups is 1. The Morgan fingerprint density at radius 2 is 1.83 bits per heavy atom. The minimum Gasteiger partial charge on any atom is -0.489 e. The van der Waals surface area contributed by atoms with E-state index in [1.54, 1.807) is 7.05 Å². The minimum absolute atomic E-state index is 0. The first-order valence-electron chi connectivity index (χ1n) is 9.80. The highest BCUT2D eigenvalue weighted by Gasteiger charge is 2.12. The van der Waals surface area contributed by atoms with E-state index in [-0.39, 0.29) is 41.6 Å². The third-order valence-electron chi connectivity index (χ3n) is 4.26. The van der Waals surface area contributed by atoms with Gasteiger partial charge in [-0.15, -0.1) is 24.0 Å². The number of benzene rings is 2. The molecule has 0 saturated carbocycles. The maximum atomic E-state index is 12.2. The number of nitrogens with zero attached hydrogens (tertiary/aromatic N) is 1. The molecule has 0 aliphatic rings. The fourth-order valence-electron chi connectivity index (χ4n) is 2.82. The molecule has 0 amide bonds. The van der Waals surface area contributed by atoms with Crippen molar-refractivity contribution in [2.24, 2.45) is 4.99 Å². The normalized spacial score (nSPS) is 12.6. The van der Waals surface area contributed by atoms with Crippen molar-refractivity contribution in [3.8, 4) is 5.75 Å². The first-order valence-corrected chi connectivity index (χ1v) is 11.6. The highest BCUT2D eigenvalue weighted by Crippen LogP contribution is 2.13. The molecule has 2 aromatic rings. The molecule has 2 N–H and O–H groups in total. The summed E-state index contributed by atoms with van der Waals surface area (Å²) >= 11 is 0. The van der Waals surface area contributed by atoms with Gasteiger partial charge in [0.05, 0.1) is 18.1 Å². The Hall–Kier alpha value is -1.81. The van der Waals surface area contributed by atoms with E-state index in [0.717, 1.165) is 16.9 Å². The molecule has 2 rings (SSSR count). The molecule has 0 heterocycles. The zero-order valence-electron chi connectivity index (χ0n) is 17.8. The van der Waals surface area contributed by atoms with Crippen LogP contribution in [0.1, 0.15) is 24.5 Å². The van der Waals surface area contributed by atoms with Crippen molar-refractivity contribution in [3.63, 3.8) is 0 Å². The Morgan fingerprint density at radius 1 is 1.10 bits per heavy atom. The number of sulfone groups is 1. The topological polar surface area (TPSA) is 79.8 Å². The van der Waals surface area contributed by atoms with Crippen LogP contribution in [0, 0.1) is 6.92 Å². The summed E-state index contributed by atoms with van der Waals surface area (Å²) < 4.78 is 30.4. The number of halogens is 1. The van der Waals surface area contributed by atoms with Crippen molar-refractivity contribution in [2.75, 3.05) is 25.9 Å². The van der Waals surface area contributed by atoms with E-state index in [9.17, 15) is 8.42 Å². The summed E-state index contributed by atoms with van der Waals surface area (Å²) in [5, 5.41) is 6.36. The second-order valence-electron chi connectivity index (χ2n) is 7.06. The van der Waals surface area contributed by atoms with Crippen molar-refractivity contribution in [2.45, 2.75) is 32.1 Å². The van der Waals surface area contributed by atoms with Crippen LogP contribution in [-0.4, -0.2) is 46.4 Å². The van der Waals surface area contributed by atoms with Gasteiger partial charge in [-0.05, 0) is 43.5 Å². The lowest BCUT2D eigenvalue weighted by Crippen LogP contribution is -2.42. The summed E-state index contributed by atoms with van der Waals surface area (Å²) in [6.07, 6.45) is 0.479. The lowest BCUT2D eigenvalue weighted by Gasteiger charge is -2.18. The van der Waals surface area contributed by atoms with Crippen molar-refractivity contribution in [1.29, 1.82) is 0 Å². The van der Waals surface area contributed by atoms with Crippen molar-refractivity contribution >= 4 is 39.8 Å². The van der Waals surface area contributed by atoms with Gasteiger partial charge in [-0.2, -0.15) is 0 Å².